The quantitative estimate of drug-likeness (QED) is 0.444. The molecule has 0 rings (SSSR count). The van der Waals surface area contributed by atoms with Crippen molar-refractivity contribution in [1.82, 2.24) is 10.2 Å². The summed E-state index contributed by atoms with van der Waals surface area (Å²) in [5.74, 6) is 0. The molecule has 0 saturated heterocycles. The molecule has 1 atom stereocenters. The van der Waals surface area contributed by atoms with Gasteiger partial charge in [-0.05, 0) is 14.1 Å². The van der Waals surface area contributed by atoms with E-state index in [-0.39, 0.29) is 6.61 Å². The molecule has 0 aliphatic carbocycles. The molecule has 0 aliphatic rings. The van der Waals surface area contributed by atoms with E-state index in [1.165, 1.54) is 0 Å². The van der Waals surface area contributed by atoms with Gasteiger partial charge >= 0.3 is 0 Å². The maximum atomic E-state index is 9.02. The highest BCUT2D eigenvalue weighted by Crippen LogP contribution is 1.86. The molecule has 0 amide bonds. The van der Waals surface area contributed by atoms with Crippen molar-refractivity contribution in [2.24, 2.45) is 0 Å². The summed E-state index contributed by atoms with van der Waals surface area (Å²) in [4.78, 5) is 1.97. The van der Waals surface area contributed by atoms with Crippen molar-refractivity contribution in [3.05, 3.63) is 0 Å². The second-order valence-electron chi connectivity index (χ2n) is 2.70. The Balaban J connectivity index is 3.27. The second kappa shape index (κ2) is 6.54. The molecule has 11 heavy (non-hydrogen) atoms. The highest BCUT2D eigenvalue weighted by Gasteiger charge is 2.04. The minimum atomic E-state index is -0.614. The first-order valence-corrected chi connectivity index (χ1v) is 3.82. The zero-order valence-electron chi connectivity index (χ0n) is 7.25. The van der Waals surface area contributed by atoms with E-state index in [4.69, 9.17) is 10.2 Å². The third-order valence-corrected chi connectivity index (χ3v) is 1.48. The van der Waals surface area contributed by atoms with Gasteiger partial charge in [-0.15, -0.1) is 0 Å². The van der Waals surface area contributed by atoms with Crippen molar-refractivity contribution >= 4 is 0 Å². The molecule has 0 aliphatic heterocycles. The van der Waals surface area contributed by atoms with Crippen LogP contribution in [0.25, 0.3) is 0 Å². The van der Waals surface area contributed by atoms with Gasteiger partial charge in [0, 0.05) is 19.6 Å². The van der Waals surface area contributed by atoms with Crippen LogP contribution in [-0.4, -0.2) is 61.6 Å². The average Bonchev–Trinajstić information content (AvgIpc) is 2.00. The van der Waals surface area contributed by atoms with Crippen molar-refractivity contribution in [2.75, 3.05) is 40.3 Å². The van der Waals surface area contributed by atoms with E-state index >= 15 is 0 Å². The molecule has 3 N–H and O–H groups in total. The zero-order chi connectivity index (χ0) is 8.69. The Morgan fingerprint density at radius 3 is 2.64 bits per heavy atom. The lowest BCUT2D eigenvalue weighted by Crippen LogP contribution is -2.35. The van der Waals surface area contributed by atoms with Crippen LogP contribution in [0.1, 0.15) is 0 Å². The van der Waals surface area contributed by atoms with Crippen LogP contribution in [0.5, 0.6) is 0 Å². The first kappa shape index (κ1) is 10.8. The van der Waals surface area contributed by atoms with Gasteiger partial charge in [0.2, 0.25) is 0 Å². The van der Waals surface area contributed by atoms with Crippen molar-refractivity contribution in [3.8, 4) is 0 Å². The van der Waals surface area contributed by atoms with Gasteiger partial charge in [0.05, 0.1) is 12.7 Å². The van der Waals surface area contributed by atoms with Gasteiger partial charge in [0.25, 0.3) is 0 Å². The smallest absolute Gasteiger partial charge is 0.0897 e. The fourth-order valence-corrected chi connectivity index (χ4v) is 0.811. The molecule has 1 unspecified atom stereocenters. The van der Waals surface area contributed by atoms with Crippen molar-refractivity contribution in [2.45, 2.75) is 6.10 Å². The van der Waals surface area contributed by atoms with Crippen molar-refractivity contribution in [3.63, 3.8) is 0 Å². The van der Waals surface area contributed by atoms with Gasteiger partial charge < -0.3 is 20.4 Å². The molecule has 68 valence electrons. The Kier molecular flexibility index (Phi) is 6.45. The first-order valence-electron chi connectivity index (χ1n) is 3.82. The van der Waals surface area contributed by atoms with E-state index in [2.05, 4.69) is 5.32 Å². The predicted octanol–water partition coefficient (Wildman–Crippen LogP) is -1.51. The number of hydrogen-bond acceptors (Lipinski definition) is 4. The lowest BCUT2D eigenvalue weighted by molar-refractivity contribution is 0.0670. The highest BCUT2D eigenvalue weighted by atomic mass is 16.3. The highest BCUT2D eigenvalue weighted by molar-refractivity contribution is 4.59. The zero-order valence-corrected chi connectivity index (χ0v) is 7.25. The Morgan fingerprint density at radius 2 is 2.18 bits per heavy atom. The minimum absolute atomic E-state index is 0.163. The normalized spacial score (nSPS) is 13.9. The van der Waals surface area contributed by atoms with Crippen LogP contribution >= 0.6 is 0 Å². The summed E-state index contributed by atoms with van der Waals surface area (Å²) in [5.41, 5.74) is 0. The molecule has 0 aromatic rings. The summed E-state index contributed by atoms with van der Waals surface area (Å²) in [6.07, 6.45) is -0.614. The van der Waals surface area contributed by atoms with Gasteiger partial charge in [0.1, 0.15) is 0 Å². The fraction of sp³-hybridized carbons (Fsp3) is 1.00. The molecule has 0 heterocycles. The average molecular weight is 162 g/mol. The van der Waals surface area contributed by atoms with Gasteiger partial charge in [-0.1, -0.05) is 0 Å². The topological polar surface area (TPSA) is 55.7 Å². The van der Waals surface area contributed by atoms with Gasteiger partial charge in [-0.3, -0.25) is 0 Å². The van der Waals surface area contributed by atoms with Crippen LogP contribution in [0.4, 0.5) is 0 Å². The molecule has 0 aromatic carbocycles. The van der Waals surface area contributed by atoms with Crippen LogP contribution < -0.4 is 5.32 Å². The number of likely N-dealkylation sites (N-methyl/N-ethyl adjacent to an activating group) is 2. The summed E-state index contributed by atoms with van der Waals surface area (Å²) >= 11 is 0. The maximum Gasteiger partial charge on any atom is 0.0897 e. The molecular formula is C7H18N2O2. The molecule has 0 aromatic heterocycles. The Labute approximate surface area is 67.8 Å². The summed E-state index contributed by atoms with van der Waals surface area (Å²) in [5, 5.41) is 20.5. The largest absolute Gasteiger partial charge is 0.394 e. The maximum absolute atomic E-state index is 9.02. The third-order valence-electron chi connectivity index (χ3n) is 1.48. The lowest BCUT2D eigenvalue weighted by atomic mass is 10.3. The molecule has 0 fully saturated rings. The Hall–Kier alpha value is -0.160. The lowest BCUT2D eigenvalue weighted by Gasteiger charge is -2.18. The van der Waals surface area contributed by atoms with Crippen LogP contribution in [0, 0.1) is 0 Å². The summed E-state index contributed by atoms with van der Waals surface area (Å²) in [6.45, 7) is 2.14. The fourth-order valence-electron chi connectivity index (χ4n) is 0.811. The number of nitrogens with zero attached hydrogens (tertiary/aromatic N) is 1. The number of aliphatic hydroxyl groups is 2. The van der Waals surface area contributed by atoms with Crippen LogP contribution in [-0.2, 0) is 0 Å². The van der Waals surface area contributed by atoms with Crippen molar-refractivity contribution in [1.29, 1.82) is 0 Å². The molecule has 4 nitrogen and oxygen atoms in total. The Bertz CT molecular complexity index is 90.5. The third kappa shape index (κ3) is 6.25. The molecule has 0 bridgehead atoms. The first-order chi connectivity index (χ1) is 5.20. The van der Waals surface area contributed by atoms with E-state index in [1.54, 1.807) is 0 Å². The monoisotopic (exact) mass is 162 g/mol. The SMILES string of the molecule is CNCCN(C)CC(O)CO. The second-order valence-corrected chi connectivity index (χ2v) is 2.70. The van der Waals surface area contributed by atoms with E-state index in [0.717, 1.165) is 13.1 Å². The Morgan fingerprint density at radius 1 is 1.55 bits per heavy atom. The standard InChI is InChI=1S/C7H18N2O2/c1-8-3-4-9(2)5-7(11)6-10/h7-8,10-11H,3-6H2,1-2H3. The van der Waals surface area contributed by atoms with Gasteiger partial charge in [0.15, 0.2) is 0 Å². The summed E-state index contributed by atoms with van der Waals surface area (Å²) in [7, 11) is 3.80. The van der Waals surface area contributed by atoms with Crippen LogP contribution in [0.15, 0.2) is 0 Å². The minimum Gasteiger partial charge on any atom is -0.394 e. The van der Waals surface area contributed by atoms with Gasteiger partial charge in [-0.25, -0.2) is 0 Å². The van der Waals surface area contributed by atoms with E-state index in [0.29, 0.717) is 6.54 Å². The molecular weight excluding hydrogens is 144 g/mol. The molecule has 0 spiro atoms. The van der Waals surface area contributed by atoms with Crippen LogP contribution in [0.2, 0.25) is 0 Å². The number of nitrogens with one attached hydrogen (secondary N) is 1. The molecule has 0 saturated carbocycles. The van der Waals surface area contributed by atoms with E-state index < -0.39 is 6.10 Å². The summed E-state index contributed by atoms with van der Waals surface area (Å²) in [6, 6.07) is 0. The number of aliphatic hydroxyl groups excluding tert-OH is 2. The number of hydrogen-bond donors (Lipinski definition) is 3. The van der Waals surface area contributed by atoms with E-state index in [9.17, 15) is 0 Å². The predicted molar refractivity (Wildman–Crippen MR) is 44.5 cm³/mol. The number of rotatable bonds is 6. The van der Waals surface area contributed by atoms with Crippen molar-refractivity contribution < 1.29 is 10.2 Å². The van der Waals surface area contributed by atoms with Gasteiger partial charge in [-0.2, -0.15) is 0 Å². The molecule has 4 heteroatoms. The molecule has 0 radical (unpaired) electrons. The van der Waals surface area contributed by atoms with E-state index in [1.807, 2.05) is 19.0 Å². The van der Waals surface area contributed by atoms with Crippen LogP contribution in [0.3, 0.4) is 0 Å². The summed E-state index contributed by atoms with van der Waals surface area (Å²) < 4.78 is 0.